The van der Waals surface area contributed by atoms with Gasteiger partial charge >= 0.3 is 5.97 Å². The van der Waals surface area contributed by atoms with Gasteiger partial charge in [-0.1, -0.05) is 12.1 Å². The van der Waals surface area contributed by atoms with Gasteiger partial charge in [0.05, 0.1) is 17.9 Å². The predicted molar refractivity (Wildman–Crippen MR) is 110 cm³/mol. The molecular formula is C19H18BrN5O2. The number of carbonyl (C=O) groups is 1. The molecule has 0 unspecified atom stereocenters. The summed E-state index contributed by atoms with van der Waals surface area (Å²) in [4.78, 5) is 20.1. The summed E-state index contributed by atoms with van der Waals surface area (Å²) >= 11 is 3.48. The second-order valence-electron chi connectivity index (χ2n) is 5.51. The smallest absolute Gasteiger partial charge is 0.338 e. The van der Waals surface area contributed by atoms with Crippen LogP contribution in [0.25, 0.3) is 0 Å². The highest BCUT2D eigenvalue weighted by atomic mass is 79.9. The molecule has 0 bridgehead atoms. The Morgan fingerprint density at radius 2 is 1.74 bits per heavy atom. The first-order valence-corrected chi connectivity index (χ1v) is 9.04. The zero-order chi connectivity index (χ0) is 19.2. The van der Waals surface area contributed by atoms with E-state index in [0.717, 1.165) is 15.8 Å². The van der Waals surface area contributed by atoms with E-state index in [1.165, 1.54) is 6.33 Å². The Balaban J connectivity index is 1.78. The summed E-state index contributed by atoms with van der Waals surface area (Å²) < 4.78 is 5.87. The van der Waals surface area contributed by atoms with Crippen LogP contribution in [0.3, 0.4) is 0 Å². The van der Waals surface area contributed by atoms with Crippen LogP contribution in [-0.2, 0) is 4.74 Å². The highest BCUT2D eigenvalue weighted by Gasteiger charge is 2.11. The molecule has 2 aromatic carbocycles. The molecule has 3 rings (SSSR count). The Hall–Kier alpha value is -3.13. The van der Waals surface area contributed by atoms with Crippen molar-refractivity contribution in [3.8, 4) is 0 Å². The number of esters is 1. The SMILES string of the molecule is CCOC(=O)c1ccc(Nc2ncnc(Nc3ccccc3Br)c2N)cc1. The van der Waals surface area contributed by atoms with Gasteiger partial charge in [-0.3, -0.25) is 0 Å². The van der Waals surface area contributed by atoms with Crippen molar-refractivity contribution in [3.05, 3.63) is 64.9 Å². The quantitative estimate of drug-likeness (QED) is 0.498. The molecule has 1 heterocycles. The van der Waals surface area contributed by atoms with E-state index in [9.17, 15) is 4.79 Å². The van der Waals surface area contributed by atoms with E-state index in [1.54, 1.807) is 31.2 Å². The molecule has 1 aromatic heterocycles. The maximum atomic E-state index is 11.7. The lowest BCUT2D eigenvalue weighted by molar-refractivity contribution is 0.0526. The summed E-state index contributed by atoms with van der Waals surface area (Å²) in [5.41, 5.74) is 8.64. The Labute approximate surface area is 165 Å². The first-order valence-electron chi connectivity index (χ1n) is 8.24. The number of halogens is 1. The maximum absolute atomic E-state index is 11.7. The fraction of sp³-hybridized carbons (Fsp3) is 0.105. The third kappa shape index (κ3) is 4.53. The van der Waals surface area contributed by atoms with E-state index in [2.05, 4.69) is 36.5 Å². The molecule has 27 heavy (non-hydrogen) atoms. The highest BCUT2D eigenvalue weighted by molar-refractivity contribution is 9.10. The number of rotatable bonds is 6. The van der Waals surface area contributed by atoms with Crippen LogP contribution in [0.5, 0.6) is 0 Å². The van der Waals surface area contributed by atoms with Crippen molar-refractivity contribution in [1.29, 1.82) is 0 Å². The minimum atomic E-state index is -0.356. The van der Waals surface area contributed by atoms with E-state index in [0.29, 0.717) is 29.5 Å². The summed E-state index contributed by atoms with van der Waals surface area (Å²) in [5, 5.41) is 6.31. The standard InChI is InChI=1S/C19H18BrN5O2/c1-2-27-19(26)12-7-9-13(10-8-12)24-17-16(21)18(23-11-22-17)25-15-6-4-3-5-14(15)20/h3-11H,2,21H2,1H3,(H2,22,23,24,25). The number of carbonyl (C=O) groups excluding carboxylic acids is 1. The van der Waals surface area contributed by atoms with E-state index in [-0.39, 0.29) is 5.97 Å². The Morgan fingerprint density at radius 1 is 1.07 bits per heavy atom. The lowest BCUT2D eigenvalue weighted by Gasteiger charge is -2.13. The number of nitrogens with one attached hydrogen (secondary N) is 2. The van der Waals surface area contributed by atoms with Gasteiger partial charge in [0.15, 0.2) is 11.6 Å². The van der Waals surface area contributed by atoms with Crippen molar-refractivity contribution in [2.75, 3.05) is 23.0 Å². The Kier molecular flexibility index (Phi) is 5.87. The zero-order valence-corrected chi connectivity index (χ0v) is 16.2. The van der Waals surface area contributed by atoms with Gasteiger partial charge < -0.3 is 21.1 Å². The lowest BCUT2D eigenvalue weighted by atomic mass is 10.2. The summed E-state index contributed by atoms with van der Waals surface area (Å²) in [7, 11) is 0. The fourth-order valence-electron chi connectivity index (χ4n) is 2.33. The van der Waals surface area contributed by atoms with Crippen molar-refractivity contribution in [2.45, 2.75) is 6.92 Å². The number of hydrogen-bond acceptors (Lipinski definition) is 7. The lowest BCUT2D eigenvalue weighted by Crippen LogP contribution is -2.06. The summed E-state index contributed by atoms with van der Waals surface area (Å²) in [6, 6.07) is 14.5. The molecular weight excluding hydrogens is 410 g/mol. The largest absolute Gasteiger partial charge is 0.462 e. The maximum Gasteiger partial charge on any atom is 0.338 e. The number of aromatic nitrogens is 2. The second-order valence-corrected chi connectivity index (χ2v) is 6.37. The summed E-state index contributed by atoms with van der Waals surface area (Å²) in [6.45, 7) is 2.11. The molecule has 4 N–H and O–H groups in total. The van der Waals surface area contributed by atoms with Crippen LogP contribution in [0.2, 0.25) is 0 Å². The van der Waals surface area contributed by atoms with Gasteiger partial charge in [0.25, 0.3) is 0 Å². The first-order chi connectivity index (χ1) is 13.1. The van der Waals surface area contributed by atoms with Crippen LogP contribution in [0, 0.1) is 0 Å². The van der Waals surface area contributed by atoms with Crippen LogP contribution >= 0.6 is 15.9 Å². The molecule has 0 aliphatic heterocycles. The molecule has 0 amide bonds. The van der Waals surface area contributed by atoms with E-state index < -0.39 is 0 Å². The van der Waals surface area contributed by atoms with E-state index >= 15 is 0 Å². The molecule has 0 aliphatic carbocycles. The van der Waals surface area contributed by atoms with Crippen molar-refractivity contribution >= 4 is 50.6 Å². The van der Waals surface area contributed by atoms with Gasteiger partial charge in [0.2, 0.25) is 0 Å². The molecule has 0 saturated carbocycles. The van der Waals surface area contributed by atoms with E-state index in [1.807, 2.05) is 24.3 Å². The molecule has 0 atom stereocenters. The minimum Gasteiger partial charge on any atom is -0.462 e. The minimum absolute atomic E-state index is 0.337. The van der Waals surface area contributed by atoms with Crippen LogP contribution in [0.15, 0.2) is 59.3 Å². The van der Waals surface area contributed by atoms with Crippen molar-refractivity contribution in [2.24, 2.45) is 0 Å². The van der Waals surface area contributed by atoms with Gasteiger partial charge in [0, 0.05) is 10.2 Å². The van der Waals surface area contributed by atoms with Crippen molar-refractivity contribution < 1.29 is 9.53 Å². The Morgan fingerprint density at radius 3 is 2.41 bits per heavy atom. The number of anilines is 5. The van der Waals surface area contributed by atoms with Crippen LogP contribution in [0.4, 0.5) is 28.7 Å². The van der Waals surface area contributed by atoms with Crippen molar-refractivity contribution in [1.82, 2.24) is 9.97 Å². The van der Waals surface area contributed by atoms with Gasteiger partial charge in [-0.05, 0) is 59.3 Å². The molecule has 0 aliphatic rings. The summed E-state index contributed by atoms with van der Waals surface area (Å²) in [6.07, 6.45) is 1.42. The number of nitrogens with zero attached hydrogens (tertiary/aromatic N) is 2. The average Bonchev–Trinajstić information content (AvgIpc) is 2.67. The van der Waals surface area contributed by atoms with Crippen LogP contribution in [-0.4, -0.2) is 22.5 Å². The van der Waals surface area contributed by atoms with E-state index in [4.69, 9.17) is 10.5 Å². The molecule has 0 spiro atoms. The van der Waals surface area contributed by atoms with Gasteiger partial charge in [-0.2, -0.15) is 0 Å². The van der Waals surface area contributed by atoms with Gasteiger partial charge in [-0.15, -0.1) is 0 Å². The molecule has 3 aromatic rings. The second kappa shape index (κ2) is 8.50. The number of hydrogen-bond donors (Lipinski definition) is 3. The first kappa shape index (κ1) is 18.7. The molecule has 0 radical (unpaired) electrons. The molecule has 0 saturated heterocycles. The topological polar surface area (TPSA) is 102 Å². The summed E-state index contributed by atoms with van der Waals surface area (Å²) in [5.74, 6) is 0.594. The zero-order valence-electron chi connectivity index (χ0n) is 14.6. The normalized spacial score (nSPS) is 10.3. The third-order valence-corrected chi connectivity index (χ3v) is 4.36. The number of para-hydroxylation sites is 1. The number of benzene rings is 2. The third-order valence-electron chi connectivity index (χ3n) is 3.67. The predicted octanol–water partition coefficient (Wildman–Crippen LogP) is 4.49. The van der Waals surface area contributed by atoms with Gasteiger partial charge in [-0.25, -0.2) is 14.8 Å². The average molecular weight is 428 g/mol. The van der Waals surface area contributed by atoms with Gasteiger partial charge in [0.1, 0.15) is 12.0 Å². The molecule has 138 valence electrons. The number of nitrogens with two attached hydrogens (primary N) is 1. The molecule has 0 fully saturated rings. The molecule has 7 nitrogen and oxygen atoms in total. The van der Waals surface area contributed by atoms with Crippen molar-refractivity contribution in [3.63, 3.8) is 0 Å². The number of ether oxygens (including phenoxy) is 1. The van der Waals surface area contributed by atoms with Crippen LogP contribution in [0.1, 0.15) is 17.3 Å². The number of nitrogen functional groups attached to an aromatic ring is 1. The van der Waals surface area contributed by atoms with Crippen LogP contribution < -0.4 is 16.4 Å². The monoisotopic (exact) mass is 427 g/mol. The Bertz CT molecular complexity index is 947. The molecule has 8 heteroatoms. The highest BCUT2D eigenvalue weighted by Crippen LogP contribution is 2.30. The fourth-order valence-corrected chi connectivity index (χ4v) is 2.71.